The van der Waals surface area contributed by atoms with Crippen LogP contribution < -0.4 is 0 Å². The van der Waals surface area contributed by atoms with Crippen LogP contribution in [0.3, 0.4) is 0 Å². The largest absolute Gasteiger partial charge is 0.375 e. The molecule has 0 radical (unpaired) electrons. The van der Waals surface area contributed by atoms with E-state index in [1.807, 2.05) is 0 Å². The van der Waals surface area contributed by atoms with Gasteiger partial charge >= 0.3 is 0 Å². The Hall–Kier alpha value is -0.0800. The van der Waals surface area contributed by atoms with Crippen LogP contribution in [-0.4, -0.2) is 37.7 Å². The standard InChI is InChI=1S/C8H15NO/c1-9-4-8(5-9)10-6-7-2-3-7/h7-8H,2-6H2,1H3. The number of hydrogen-bond acceptors (Lipinski definition) is 2. The Morgan fingerprint density at radius 2 is 2.10 bits per heavy atom. The highest BCUT2D eigenvalue weighted by Crippen LogP contribution is 2.29. The monoisotopic (exact) mass is 141 g/mol. The maximum Gasteiger partial charge on any atom is 0.0828 e. The van der Waals surface area contributed by atoms with Crippen molar-refractivity contribution in [3.05, 3.63) is 0 Å². The summed E-state index contributed by atoms with van der Waals surface area (Å²) in [7, 11) is 2.14. The van der Waals surface area contributed by atoms with Gasteiger partial charge in [-0.15, -0.1) is 0 Å². The smallest absolute Gasteiger partial charge is 0.0828 e. The molecule has 0 atom stereocenters. The highest BCUT2D eigenvalue weighted by Gasteiger charge is 2.27. The Morgan fingerprint density at radius 3 is 2.60 bits per heavy atom. The number of likely N-dealkylation sites (tertiary alicyclic amines) is 1. The van der Waals surface area contributed by atoms with Crippen LogP contribution in [-0.2, 0) is 4.74 Å². The minimum absolute atomic E-state index is 0.561. The first-order valence-electron chi connectivity index (χ1n) is 4.15. The Morgan fingerprint density at radius 1 is 1.40 bits per heavy atom. The molecule has 1 heterocycles. The number of nitrogens with zero attached hydrogens (tertiary/aromatic N) is 1. The van der Waals surface area contributed by atoms with E-state index in [2.05, 4.69) is 11.9 Å². The zero-order valence-corrected chi connectivity index (χ0v) is 6.55. The van der Waals surface area contributed by atoms with Gasteiger partial charge in [-0.3, -0.25) is 0 Å². The van der Waals surface area contributed by atoms with Crippen LogP contribution in [0, 0.1) is 5.92 Å². The molecule has 2 aliphatic rings. The van der Waals surface area contributed by atoms with Crippen molar-refractivity contribution >= 4 is 0 Å². The fourth-order valence-electron chi connectivity index (χ4n) is 1.30. The van der Waals surface area contributed by atoms with Crippen molar-refractivity contribution < 1.29 is 4.74 Å². The number of hydrogen-bond donors (Lipinski definition) is 0. The summed E-state index contributed by atoms with van der Waals surface area (Å²) in [6.07, 6.45) is 3.37. The molecule has 58 valence electrons. The zero-order valence-electron chi connectivity index (χ0n) is 6.55. The van der Waals surface area contributed by atoms with Gasteiger partial charge in [-0.25, -0.2) is 0 Å². The summed E-state index contributed by atoms with van der Waals surface area (Å²) in [4.78, 5) is 2.29. The van der Waals surface area contributed by atoms with Gasteiger partial charge in [0.25, 0.3) is 0 Å². The van der Waals surface area contributed by atoms with Gasteiger partial charge in [0.15, 0.2) is 0 Å². The first kappa shape index (κ1) is 6.62. The Labute approximate surface area is 62.2 Å². The Bertz CT molecular complexity index is 116. The van der Waals surface area contributed by atoms with Gasteiger partial charge < -0.3 is 9.64 Å². The van der Waals surface area contributed by atoms with Gasteiger partial charge in [-0.05, 0) is 25.8 Å². The minimum atomic E-state index is 0.561. The molecule has 2 nitrogen and oxygen atoms in total. The van der Waals surface area contributed by atoms with Crippen LogP contribution in [0.25, 0.3) is 0 Å². The van der Waals surface area contributed by atoms with E-state index in [1.165, 1.54) is 12.8 Å². The molecule has 10 heavy (non-hydrogen) atoms. The molecule has 0 aromatic carbocycles. The zero-order chi connectivity index (χ0) is 6.97. The molecule has 2 fully saturated rings. The minimum Gasteiger partial charge on any atom is -0.375 e. The fraction of sp³-hybridized carbons (Fsp3) is 1.00. The van der Waals surface area contributed by atoms with Gasteiger partial charge in [0.2, 0.25) is 0 Å². The van der Waals surface area contributed by atoms with Crippen LogP contribution in [0.2, 0.25) is 0 Å². The van der Waals surface area contributed by atoms with Gasteiger partial charge in [0.05, 0.1) is 6.10 Å². The summed E-state index contributed by atoms with van der Waals surface area (Å²) in [6, 6.07) is 0. The molecule has 1 saturated carbocycles. The molecule has 0 spiro atoms. The van der Waals surface area contributed by atoms with Gasteiger partial charge in [-0.1, -0.05) is 0 Å². The topological polar surface area (TPSA) is 12.5 Å². The molecule has 0 aromatic heterocycles. The van der Waals surface area contributed by atoms with E-state index in [-0.39, 0.29) is 0 Å². The average molecular weight is 141 g/mol. The average Bonchev–Trinajstić information content (AvgIpc) is 2.60. The van der Waals surface area contributed by atoms with Crippen LogP contribution in [0.15, 0.2) is 0 Å². The lowest BCUT2D eigenvalue weighted by Crippen LogP contribution is -2.49. The van der Waals surface area contributed by atoms with Crippen molar-refractivity contribution in [2.45, 2.75) is 18.9 Å². The van der Waals surface area contributed by atoms with E-state index in [4.69, 9.17) is 4.74 Å². The molecule has 0 N–H and O–H groups in total. The molecule has 0 amide bonds. The summed E-state index contributed by atoms with van der Waals surface area (Å²) >= 11 is 0. The highest BCUT2D eigenvalue weighted by atomic mass is 16.5. The van der Waals surface area contributed by atoms with Crippen LogP contribution >= 0.6 is 0 Å². The predicted octanol–water partition coefficient (Wildman–Crippen LogP) is 0.727. The fourth-order valence-corrected chi connectivity index (χ4v) is 1.30. The first-order chi connectivity index (χ1) is 4.84. The van der Waals surface area contributed by atoms with Crippen molar-refractivity contribution in [3.63, 3.8) is 0 Å². The molecule has 1 aliphatic carbocycles. The van der Waals surface area contributed by atoms with Crippen molar-refractivity contribution in [2.24, 2.45) is 5.92 Å². The van der Waals surface area contributed by atoms with Crippen LogP contribution in [0.4, 0.5) is 0 Å². The SMILES string of the molecule is CN1CC(OCC2CC2)C1. The molecule has 2 rings (SSSR count). The molecule has 0 aromatic rings. The van der Waals surface area contributed by atoms with Gasteiger partial charge in [-0.2, -0.15) is 0 Å². The lowest BCUT2D eigenvalue weighted by Gasteiger charge is -2.35. The summed E-state index contributed by atoms with van der Waals surface area (Å²) in [5.74, 6) is 0.922. The number of rotatable bonds is 3. The summed E-state index contributed by atoms with van der Waals surface area (Å²) in [5.41, 5.74) is 0. The van der Waals surface area contributed by atoms with Crippen molar-refractivity contribution in [1.29, 1.82) is 0 Å². The lowest BCUT2D eigenvalue weighted by molar-refractivity contribution is -0.0469. The maximum atomic E-state index is 5.63. The third-order valence-electron chi connectivity index (χ3n) is 2.30. The molecule has 2 heteroatoms. The number of likely N-dealkylation sites (N-methyl/N-ethyl adjacent to an activating group) is 1. The second kappa shape index (κ2) is 2.51. The van der Waals surface area contributed by atoms with Crippen LogP contribution in [0.5, 0.6) is 0 Å². The van der Waals surface area contributed by atoms with E-state index in [0.29, 0.717) is 6.10 Å². The second-order valence-electron chi connectivity index (χ2n) is 3.62. The summed E-state index contributed by atoms with van der Waals surface area (Å²) in [6.45, 7) is 3.32. The lowest BCUT2D eigenvalue weighted by atomic mass is 10.2. The van der Waals surface area contributed by atoms with E-state index in [9.17, 15) is 0 Å². The Kier molecular flexibility index (Phi) is 1.66. The molecule has 0 bridgehead atoms. The predicted molar refractivity (Wildman–Crippen MR) is 40.0 cm³/mol. The van der Waals surface area contributed by atoms with E-state index >= 15 is 0 Å². The molecule has 1 saturated heterocycles. The van der Waals surface area contributed by atoms with Crippen LogP contribution in [0.1, 0.15) is 12.8 Å². The van der Waals surface area contributed by atoms with Gasteiger partial charge in [0, 0.05) is 19.7 Å². The number of ether oxygens (including phenoxy) is 1. The second-order valence-corrected chi connectivity index (χ2v) is 3.62. The highest BCUT2D eigenvalue weighted by molar-refractivity contribution is 4.79. The van der Waals surface area contributed by atoms with Crippen molar-refractivity contribution in [1.82, 2.24) is 4.90 Å². The Balaban J connectivity index is 1.54. The quantitative estimate of drug-likeness (QED) is 0.574. The summed E-state index contributed by atoms with van der Waals surface area (Å²) in [5, 5.41) is 0. The summed E-state index contributed by atoms with van der Waals surface area (Å²) < 4.78 is 5.63. The van der Waals surface area contributed by atoms with E-state index < -0.39 is 0 Å². The normalized spacial score (nSPS) is 28.5. The van der Waals surface area contributed by atoms with Crippen molar-refractivity contribution in [3.8, 4) is 0 Å². The molecule has 0 unspecified atom stereocenters. The van der Waals surface area contributed by atoms with Gasteiger partial charge in [0.1, 0.15) is 0 Å². The van der Waals surface area contributed by atoms with E-state index in [1.54, 1.807) is 0 Å². The maximum absolute atomic E-state index is 5.63. The first-order valence-corrected chi connectivity index (χ1v) is 4.15. The molecular formula is C8H15NO. The van der Waals surface area contributed by atoms with E-state index in [0.717, 1.165) is 25.6 Å². The third kappa shape index (κ3) is 1.50. The third-order valence-corrected chi connectivity index (χ3v) is 2.30. The van der Waals surface area contributed by atoms with Crippen molar-refractivity contribution in [2.75, 3.05) is 26.7 Å². The molecule has 1 aliphatic heterocycles. The molecular weight excluding hydrogens is 126 g/mol.